The van der Waals surface area contributed by atoms with E-state index in [4.69, 9.17) is 10.4 Å². The van der Waals surface area contributed by atoms with Crippen LogP contribution in [0.2, 0.25) is 0 Å². The Balaban J connectivity index is 4.48. The molecule has 2 unspecified atom stereocenters. The molecule has 2 N–H and O–H groups in total. The van der Waals surface area contributed by atoms with E-state index in [2.05, 4.69) is 0 Å². The van der Waals surface area contributed by atoms with E-state index in [1.807, 2.05) is 0 Å². The topological polar surface area (TPSA) is 90.2 Å². The zero-order valence-electron chi connectivity index (χ0n) is 8.32. The molecule has 0 aliphatic heterocycles. The molecule has 2 atom stereocenters. The Morgan fingerprint density at radius 3 is 2.31 bits per heavy atom. The number of aliphatic hydroxyl groups is 1. The summed E-state index contributed by atoms with van der Waals surface area (Å²) in [6.45, 7) is 0.220. The minimum absolute atomic E-state index is 0.0477. The second-order valence-electron chi connectivity index (χ2n) is 2.98. The highest BCUT2D eigenvalue weighted by molar-refractivity contribution is 7.90. The number of hydrogen-bond donors (Lipinski definition) is 2. The Labute approximate surface area is 90.9 Å². The Hall–Kier alpha value is -0.850. The predicted molar refractivity (Wildman–Crippen MR) is 48.7 cm³/mol. The van der Waals surface area contributed by atoms with E-state index in [9.17, 15) is 21.6 Å². The maximum atomic E-state index is 11.8. The average Bonchev–Trinajstić information content (AvgIpc) is 2.14. The summed E-state index contributed by atoms with van der Waals surface area (Å²) in [6.07, 6.45) is -7.72. The molecule has 0 heterocycles. The van der Waals surface area contributed by atoms with Gasteiger partial charge >= 0.3 is 6.18 Å². The number of nitriles is 1. The highest BCUT2D eigenvalue weighted by Crippen LogP contribution is 2.19. The SMILES string of the molecule is CCC(C#N)S(=O)(=O)NCC(O)C(F)(F)F. The molecule has 0 aromatic carbocycles. The third-order valence-corrected chi connectivity index (χ3v) is 3.50. The molecular formula is C7H11F3N2O3S. The van der Waals surface area contributed by atoms with Crippen LogP contribution in [0.1, 0.15) is 13.3 Å². The Morgan fingerprint density at radius 1 is 1.50 bits per heavy atom. The monoisotopic (exact) mass is 260 g/mol. The summed E-state index contributed by atoms with van der Waals surface area (Å²) in [5.74, 6) is 0. The third kappa shape index (κ3) is 4.34. The zero-order valence-corrected chi connectivity index (χ0v) is 9.14. The lowest BCUT2D eigenvalue weighted by Gasteiger charge is -2.16. The van der Waals surface area contributed by atoms with Gasteiger partial charge in [0.1, 0.15) is 0 Å². The average molecular weight is 260 g/mol. The zero-order chi connectivity index (χ0) is 13.0. The second-order valence-corrected chi connectivity index (χ2v) is 4.92. The standard InChI is InChI=1S/C7H11F3N2O3S/c1-2-5(3-11)16(14,15)12-4-6(13)7(8,9)10/h5-6,12-13H,2,4H2,1H3. The van der Waals surface area contributed by atoms with Gasteiger partial charge in [-0.15, -0.1) is 0 Å². The van der Waals surface area contributed by atoms with Crippen molar-refractivity contribution in [1.82, 2.24) is 4.72 Å². The molecule has 0 aliphatic rings. The van der Waals surface area contributed by atoms with Crippen LogP contribution in [0.4, 0.5) is 13.2 Å². The largest absolute Gasteiger partial charge is 0.415 e. The first-order chi connectivity index (χ1) is 7.15. The van der Waals surface area contributed by atoms with E-state index in [-0.39, 0.29) is 6.42 Å². The highest BCUT2D eigenvalue weighted by Gasteiger charge is 2.39. The van der Waals surface area contributed by atoms with Gasteiger partial charge in [0.05, 0.1) is 6.07 Å². The summed E-state index contributed by atoms with van der Waals surface area (Å²) in [7, 11) is -4.15. The maximum Gasteiger partial charge on any atom is 0.415 e. The van der Waals surface area contributed by atoms with Crippen LogP contribution in [0.3, 0.4) is 0 Å². The van der Waals surface area contributed by atoms with Crippen molar-refractivity contribution in [3.63, 3.8) is 0 Å². The Bertz CT molecular complexity index is 360. The molecule has 0 fully saturated rings. The Morgan fingerprint density at radius 2 is 2.00 bits per heavy atom. The summed E-state index contributed by atoms with van der Waals surface area (Å²) in [4.78, 5) is 0. The van der Waals surface area contributed by atoms with Crippen molar-refractivity contribution < 1.29 is 26.7 Å². The first-order valence-electron chi connectivity index (χ1n) is 4.28. The van der Waals surface area contributed by atoms with E-state index < -0.39 is 34.1 Å². The van der Waals surface area contributed by atoms with Gasteiger partial charge in [0.2, 0.25) is 10.0 Å². The van der Waals surface area contributed by atoms with Crippen LogP contribution >= 0.6 is 0 Å². The molecule has 0 bridgehead atoms. The molecule has 0 aliphatic carbocycles. The van der Waals surface area contributed by atoms with Gasteiger partial charge in [-0.05, 0) is 6.42 Å². The first-order valence-corrected chi connectivity index (χ1v) is 5.82. The number of nitrogens with zero attached hydrogens (tertiary/aromatic N) is 1. The third-order valence-electron chi connectivity index (χ3n) is 1.75. The molecule has 0 aromatic rings. The summed E-state index contributed by atoms with van der Waals surface area (Å²) >= 11 is 0. The summed E-state index contributed by atoms with van der Waals surface area (Å²) in [6, 6.07) is 1.44. The van der Waals surface area contributed by atoms with Crippen molar-refractivity contribution >= 4 is 10.0 Å². The lowest BCUT2D eigenvalue weighted by Crippen LogP contribution is -2.43. The van der Waals surface area contributed by atoms with Crippen LogP contribution < -0.4 is 4.72 Å². The highest BCUT2D eigenvalue weighted by atomic mass is 32.2. The number of aliphatic hydroxyl groups excluding tert-OH is 1. The van der Waals surface area contributed by atoms with Gasteiger partial charge in [-0.3, -0.25) is 0 Å². The van der Waals surface area contributed by atoms with E-state index in [0.717, 1.165) is 0 Å². The predicted octanol–water partition coefficient (Wildman–Crippen LogP) is 0.131. The fraction of sp³-hybridized carbons (Fsp3) is 0.857. The maximum absolute atomic E-state index is 11.8. The van der Waals surface area contributed by atoms with Gasteiger partial charge < -0.3 is 5.11 Å². The molecule has 0 amide bonds. The van der Waals surface area contributed by atoms with Gasteiger partial charge in [0.15, 0.2) is 11.4 Å². The van der Waals surface area contributed by atoms with Crippen molar-refractivity contribution in [2.24, 2.45) is 0 Å². The normalized spacial score (nSPS) is 16.5. The molecule has 0 aromatic heterocycles. The van der Waals surface area contributed by atoms with E-state index in [1.54, 1.807) is 4.72 Å². The van der Waals surface area contributed by atoms with Crippen LogP contribution in [0, 0.1) is 11.3 Å². The van der Waals surface area contributed by atoms with Crippen LogP contribution in [0.5, 0.6) is 0 Å². The number of rotatable bonds is 5. The molecular weight excluding hydrogens is 249 g/mol. The lowest BCUT2D eigenvalue weighted by atomic mass is 10.3. The molecule has 0 saturated heterocycles. The van der Waals surface area contributed by atoms with Crippen LogP contribution in [-0.2, 0) is 10.0 Å². The van der Waals surface area contributed by atoms with Gasteiger partial charge in [0, 0.05) is 6.54 Å². The molecule has 0 radical (unpaired) electrons. The van der Waals surface area contributed by atoms with Gasteiger partial charge in [-0.25, -0.2) is 13.1 Å². The quantitative estimate of drug-likeness (QED) is 0.735. The van der Waals surface area contributed by atoms with Crippen molar-refractivity contribution in [2.45, 2.75) is 30.9 Å². The van der Waals surface area contributed by atoms with Crippen LogP contribution in [-0.4, -0.2) is 37.6 Å². The van der Waals surface area contributed by atoms with Gasteiger partial charge in [0.25, 0.3) is 0 Å². The molecule has 94 valence electrons. The van der Waals surface area contributed by atoms with Gasteiger partial charge in [-0.1, -0.05) is 6.92 Å². The molecule has 5 nitrogen and oxygen atoms in total. The lowest BCUT2D eigenvalue weighted by molar-refractivity contribution is -0.200. The summed E-state index contributed by atoms with van der Waals surface area (Å²) in [5, 5.41) is 15.6. The van der Waals surface area contributed by atoms with Crippen molar-refractivity contribution in [3.05, 3.63) is 0 Å². The molecule has 0 saturated carbocycles. The number of sulfonamides is 1. The molecule has 16 heavy (non-hydrogen) atoms. The minimum Gasteiger partial charge on any atom is -0.382 e. The smallest absolute Gasteiger partial charge is 0.382 e. The van der Waals surface area contributed by atoms with Crippen molar-refractivity contribution in [1.29, 1.82) is 5.26 Å². The van der Waals surface area contributed by atoms with Crippen molar-refractivity contribution in [3.8, 4) is 6.07 Å². The van der Waals surface area contributed by atoms with Crippen LogP contribution in [0.15, 0.2) is 0 Å². The van der Waals surface area contributed by atoms with Gasteiger partial charge in [-0.2, -0.15) is 18.4 Å². The molecule has 0 rings (SSSR count). The molecule has 9 heteroatoms. The van der Waals surface area contributed by atoms with E-state index >= 15 is 0 Å². The number of nitrogens with one attached hydrogen (secondary N) is 1. The van der Waals surface area contributed by atoms with E-state index in [1.165, 1.54) is 13.0 Å². The second kappa shape index (κ2) is 5.47. The number of alkyl halides is 3. The van der Waals surface area contributed by atoms with E-state index in [0.29, 0.717) is 0 Å². The summed E-state index contributed by atoms with van der Waals surface area (Å²) < 4.78 is 59.5. The van der Waals surface area contributed by atoms with Crippen molar-refractivity contribution in [2.75, 3.05) is 6.54 Å². The number of hydrogen-bond acceptors (Lipinski definition) is 4. The number of halogens is 3. The fourth-order valence-electron chi connectivity index (χ4n) is 0.791. The first kappa shape index (κ1) is 15.2. The summed E-state index contributed by atoms with van der Waals surface area (Å²) in [5.41, 5.74) is 0. The molecule has 0 spiro atoms. The Kier molecular flexibility index (Phi) is 5.18. The minimum atomic E-state index is -4.89. The van der Waals surface area contributed by atoms with Crippen LogP contribution in [0.25, 0.3) is 0 Å². The fourth-order valence-corrected chi connectivity index (χ4v) is 1.96.